The number of carbonyl (C=O) groups is 6. The highest BCUT2D eigenvalue weighted by molar-refractivity contribution is 8.03. The van der Waals surface area contributed by atoms with Crippen molar-refractivity contribution in [2.24, 2.45) is 5.92 Å². The maximum atomic E-state index is 11.0. The first-order valence-corrected chi connectivity index (χ1v) is 21.2. The molecule has 0 aromatic heterocycles. The van der Waals surface area contributed by atoms with Crippen molar-refractivity contribution in [3.63, 3.8) is 0 Å². The molecule has 61 heavy (non-hydrogen) atoms. The van der Waals surface area contributed by atoms with E-state index < -0.39 is 23.8 Å². The van der Waals surface area contributed by atoms with Gasteiger partial charge in [-0.2, -0.15) is 5.26 Å². The van der Waals surface area contributed by atoms with Gasteiger partial charge in [0, 0.05) is 61.4 Å². The Balaban J connectivity index is 0. The van der Waals surface area contributed by atoms with Crippen LogP contribution in [0.25, 0.3) is 0 Å². The molecule has 0 aliphatic carbocycles. The number of terminal acetylenes is 1. The van der Waals surface area contributed by atoms with E-state index in [2.05, 4.69) is 65.8 Å². The van der Waals surface area contributed by atoms with Crippen LogP contribution in [0.15, 0.2) is 77.7 Å². The summed E-state index contributed by atoms with van der Waals surface area (Å²) < 4.78 is 4.32. The summed E-state index contributed by atoms with van der Waals surface area (Å²) in [4.78, 5) is 69.9. The number of nitrogens with two attached hydrogens (primary N) is 1. The number of imide groups is 1. The number of nitrogens with zero attached hydrogens (tertiary/aromatic N) is 2. The summed E-state index contributed by atoms with van der Waals surface area (Å²) in [5.41, 5.74) is 11.1. The molecule has 2 aliphatic rings. The second-order valence-corrected chi connectivity index (χ2v) is 13.6. The van der Waals surface area contributed by atoms with Crippen molar-refractivity contribution >= 4 is 58.8 Å². The van der Waals surface area contributed by atoms with Crippen molar-refractivity contribution in [2.75, 3.05) is 17.7 Å². The van der Waals surface area contributed by atoms with Gasteiger partial charge in [0.25, 0.3) is 11.8 Å². The topological polar surface area (TPSA) is 206 Å². The summed E-state index contributed by atoms with van der Waals surface area (Å²) in [6.07, 6.45) is 10.8. The molecule has 5 rings (SSSR count). The van der Waals surface area contributed by atoms with Gasteiger partial charge in [0.2, 0.25) is 5.91 Å². The predicted molar refractivity (Wildman–Crippen MR) is 241 cm³/mol. The molecule has 2 aliphatic heterocycles. The number of carbonyl (C=O) groups excluding carboxylic acids is 6. The molecule has 0 unspecified atom stereocenters. The van der Waals surface area contributed by atoms with E-state index in [0.717, 1.165) is 42.0 Å². The number of hydroxylamine groups is 2. The van der Waals surface area contributed by atoms with Crippen molar-refractivity contribution in [2.45, 2.75) is 124 Å². The molecule has 14 heteroatoms. The van der Waals surface area contributed by atoms with Crippen LogP contribution in [0.5, 0.6) is 0 Å². The van der Waals surface area contributed by atoms with Crippen LogP contribution in [-0.4, -0.2) is 52.4 Å². The van der Waals surface area contributed by atoms with Crippen LogP contribution in [0.2, 0.25) is 0 Å². The number of aliphatic hydroxyl groups is 1. The number of thiocyanates is 1. The van der Waals surface area contributed by atoms with Gasteiger partial charge in [0.15, 0.2) is 0 Å². The highest BCUT2D eigenvalue weighted by Crippen LogP contribution is 2.17. The molecular weight excluding hydrogens is 797 g/mol. The lowest BCUT2D eigenvalue weighted by molar-refractivity contribution is -0.197. The van der Waals surface area contributed by atoms with Crippen LogP contribution in [0.1, 0.15) is 117 Å². The number of benzene rings is 3. The lowest BCUT2D eigenvalue weighted by Gasteiger charge is -2.14. The zero-order chi connectivity index (χ0) is 46.6. The summed E-state index contributed by atoms with van der Waals surface area (Å²) in [7, 11) is 0. The van der Waals surface area contributed by atoms with Gasteiger partial charge in [0.05, 0.1) is 5.92 Å². The number of anilines is 2. The fraction of sp³-hybridized carbons (Fsp3) is 0.426. The molecule has 0 bridgehead atoms. The van der Waals surface area contributed by atoms with E-state index in [4.69, 9.17) is 22.5 Å². The first kappa shape index (κ1) is 57.1. The number of amides is 3. The van der Waals surface area contributed by atoms with E-state index in [0.29, 0.717) is 24.3 Å². The van der Waals surface area contributed by atoms with E-state index in [1.807, 2.05) is 67.8 Å². The highest BCUT2D eigenvalue weighted by Gasteiger charge is 2.32. The number of nitrogen functional groups attached to an aromatic ring is 1. The number of rotatable bonds is 8. The molecule has 2 fully saturated rings. The minimum absolute atomic E-state index is 0.0595. The third kappa shape index (κ3) is 28.2. The summed E-state index contributed by atoms with van der Waals surface area (Å²) >= 11 is 1.20. The Morgan fingerprint density at radius 3 is 1.62 bits per heavy atom. The zero-order valence-corrected chi connectivity index (χ0v) is 37.8. The lowest BCUT2D eigenvalue weighted by atomic mass is 10.0. The van der Waals surface area contributed by atoms with E-state index in [-0.39, 0.29) is 43.7 Å². The summed E-state index contributed by atoms with van der Waals surface area (Å²) in [5.74, 6) is 0.165. The van der Waals surface area contributed by atoms with Gasteiger partial charge in [-0.3, -0.25) is 24.0 Å². The quantitative estimate of drug-likeness (QED) is 0.0370. The Morgan fingerprint density at radius 2 is 1.26 bits per heavy atom. The number of cyclic esters (lactones) is 2. The van der Waals surface area contributed by atoms with E-state index >= 15 is 0 Å². The van der Waals surface area contributed by atoms with E-state index in [1.165, 1.54) is 28.5 Å². The van der Waals surface area contributed by atoms with Crippen molar-refractivity contribution in [3.05, 3.63) is 89.5 Å². The molecule has 3 amide bonds. The van der Waals surface area contributed by atoms with Crippen LogP contribution < -0.4 is 11.1 Å². The SMILES string of the molecule is C#CCC.CCC(=O)Nc1ccc(CC)cc1.CCC(=O)ON1C(=O)CCC1=O.CCO.CCc1ccc(N)cc1.CCc1ccc(SC#N)cc1.C[C@H]1CCC(=O)OC1=O. The largest absolute Gasteiger partial charge is 0.399 e. The number of hydrogen-bond acceptors (Lipinski definition) is 12. The molecule has 0 spiro atoms. The monoisotopic (exact) mass is 860 g/mol. The predicted octanol–water partition coefficient (Wildman–Crippen LogP) is 8.77. The van der Waals surface area contributed by atoms with Gasteiger partial charge >= 0.3 is 17.9 Å². The van der Waals surface area contributed by atoms with Gasteiger partial charge in [0.1, 0.15) is 5.40 Å². The number of aliphatic hydroxyl groups excluding tert-OH is 1. The van der Waals surface area contributed by atoms with Crippen molar-refractivity contribution in [1.82, 2.24) is 5.06 Å². The number of thioether (sulfide) groups is 1. The molecule has 4 N–H and O–H groups in total. The van der Waals surface area contributed by atoms with E-state index in [1.54, 1.807) is 20.8 Å². The first-order valence-electron chi connectivity index (χ1n) is 20.4. The third-order valence-corrected chi connectivity index (χ3v) is 8.54. The number of esters is 2. The minimum atomic E-state index is -0.571. The number of nitrogens with one attached hydrogen (secondary N) is 1. The maximum Gasteiger partial charge on any atom is 0.332 e. The van der Waals surface area contributed by atoms with Gasteiger partial charge in [-0.1, -0.05) is 84.9 Å². The second-order valence-electron chi connectivity index (χ2n) is 12.7. The Hall–Kier alpha value is -5.96. The molecule has 0 radical (unpaired) electrons. The van der Waals surface area contributed by atoms with Gasteiger partial charge in [-0.05, 0) is 97.5 Å². The summed E-state index contributed by atoms with van der Waals surface area (Å²) in [6.45, 7) is 15.4. The number of aryl methyl sites for hydroxylation is 3. The standard InChI is InChI=1S/C11H15NO.C9H9NS.C8H11N.C7H9NO4.C6H8O3.C4H6.C2H6O/c1-3-9-5-7-10(8-6-9)12-11(13)4-2;1-2-8-3-5-9(6-4-8)11-7-10;1-2-7-3-5-8(9)6-4-7;1-2-7(11)12-8-5(9)3-4-6(8)10;1-4-2-3-5(7)9-6(4)8;1-3-4-2;1-2-3/h5-8H,3-4H2,1-2H3,(H,12,13);3-6H,2H2,1H3;3-6H,2,9H2,1H3;2-4H2,1H3;4H,2-3H2,1H3;1H,4H2,2H3;3H,2H2,1H3/t;;;;4-;;/m....0../s1. The Kier molecular flexibility index (Phi) is 33.7. The first-order chi connectivity index (χ1) is 29.1. The Labute approximate surface area is 366 Å². The van der Waals surface area contributed by atoms with Gasteiger partial charge < -0.3 is 25.7 Å². The van der Waals surface area contributed by atoms with Crippen LogP contribution in [0, 0.1) is 28.9 Å². The number of hydrogen-bond donors (Lipinski definition) is 3. The number of ether oxygens (including phenoxy) is 1. The normalized spacial score (nSPS) is 13.2. The van der Waals surface area contributed by atoms with Gasteiger partial charge in [-0.25, -0.2) is 4.79 Å². The average Bonchev–Trinajstić information content (AvgIpc) is 3.59. The van der Waals surface area contributed by atoms with Crippen molar-refractivity contribution in [1.29, 1.82) is 5.26 Å². The average molecular weight is 861 g/mol. The minimum Gasteiger partial charge on any atom is -0.399 e. The molecular formula is C47H64N4O9S. The zero-order valence-electron chi connectivity index (χ0n) is 37.0. The third-order valence-electron chi connectivity index (χ3n) is 7.94. The van der Waals surface area contributed by atoms with Crippen LogP contribution in [-0.2, 0) is 57.6 Å². The molecule has 1 atom stereocenters. The lowest BCUT2D eigenvalue weighted by Crippen LogP contribution is -2.31. The highest BCUT2D eigenvalue weighted by atomic mass is 32.2. The molecule has 332 valence electrons. The fourth-order valence-electron chi connectivity index (χ4n) is 4.21. The van der Waals surface area contributed by atoms with E-state index in [9.17, 15) is 28.8 Å². The number of nitriles is 1. The molecule has 2 heterocycles. The van der Waals surface area contributed by atoms with Crippen molar-refractivity contribution in [3.8, 4) is 17.7 Å². The summed E-state index contributed by atoms with van der Waals surface area (Å²) in [5, 5.41) is 21.3. The fourth-order valence-corrected chi connectivity index (χ4v) is 4.59. The molecule has 13 nitrogen and oxygen atoms in total. The molecule has 3 aromatic carbocycles. The molecule has 2 saturated heterocycles. The second kappa shape index (κ2) is 35.9. The maximum absolute atomic E-state index is 11.0. The van der Waals surface area contributed by atoms with Crippen LogP contribution >= 0.6 is 11.8 Å². The van der Waals surface area contributed by atoms with Crippen LogP contribution in [0.4, 0.5) is 11.4 Å². The van der Waals surface area contributed by atoms with Crippen molar-refractivity contribution < 1.29 is 43.4 Å². The Morgan fingerprint density at radius 1 is 0.820 bits per heavy atom. The Bertz CT molecular complexity index is 1800. The van der Waals surface area contributed by atoms with Gasteiger partial charge in [-0.15, -0.1) is 17.4 Å². The molecule has 0 saturated carbocycles. The smallest absolute Gasteiger partial charge is 0.332 e. The molecule has 3 aromatic rings. The summed E-state index contributed by atoms with van der Waals surface area (Å²) in [6, 6.07) is 24.0. The van der Waals surface area contributed by atoms with Crippen LogP contribution in [0.3, 0.4) is 0 Å².